The van der Waals surface area contributed by atoms with E-state index in [9.17, 15) is 63.1 Å². The maximum atomic E-state index is 14.9. The first kappa shape index (κ1) is 57.3. The standard InChI is InChI=1S/2C30H29F5N6O2/c2*31-21-5-1-3-19(23(21)32)18-7-6-17(25-38-39-26(41(25)16-18)29(8-9-29)30(33,34)35)15-22(42)40-13-10-28(11-14-40)20-4-2-12-36-24(20)37-27(28)43/h2*1-5,12,17-18H,6-11,13-16H2,(H,36,37,43)/t2*17-,18+/m10/s1. The number of pyridine rings is 2. The smallest absolute Gasteiger partial charge is 0.343 e. The third-order valence-electron chi connectivity index (χ3n) is 19.9. The largest absolute Gasteiger partial charge is 0.401 e. The minimum atomic E-state index is -4.54. The highest BCUT2D eigenvalue weighted by molar-refractivity contribution is 6.06. The normalized spacial score (nSPS) is 23.8. The number of likely N-dealkylation sites (tertiary alicyclic amines) is 2. The zero-order chi connectivity index (χ0) is 60.3. The van der Waals surface area contributed by atoms with E-state index in [1.807, 2.05) is 12.1 Å². The molecule has 2 saturated heterocycles. The van der Waals surface area contributed by atoms with Crippen LogP contribution in [0.5, 0.6) is 0 Å². The molecule has 452 valence electrons. The second-order valence-corrected chi connectivity index (χ2v) is 24.4. The lowest BCUT2D eigenvalue weighted by Gasteiger charge is -2.38. The fourth-order valence-corrected chi connectivity index (χ4v) is 14.5. The first-order chi connectivity index (χ1) is 41.1. The first-order valence-electron chi connectivity index (χ1n) is 29.1. The number of fused-ring (bicyclic) bond motifs is 6. The summed E-state index contributed by atoms with van der Waals surface area (Å²) < 4.78 is 146. The third kappa shape index (κ3) is 9.39. The number of benzene rings is 2. The van der Waals surface area contributed by atoms with E-state index in [0.29, 0.717) is 89.2 Å². The monoisotopic (exact) mass is 1200 g/mol. The minimum absolute atomic E-state index is 0.0210. The summed E-state index contributed by atoms with van der Waals surface area (Å²) in [5.74, 6) is -5.98. The molecule has 16 nitrogen and oxygen atoms in total. The fraction of sp³-hybridized carbons (Fsp3) is 0.500. The Bertz CT molecular complexity index is 3450. The van der Waals surface area contributed by atoms with Crippen LogP contribution in [0.1, 0.15) is 159 Å². The Morgan fingerprint density at radius 1 is 0.512 bits per heavy atom. The number of nitrogens with zero attached hydrogens (tertiary/aromatic N) is 10. The number of carbonyl (C=O) groups is 4. The molecule has 2 aliphatic carbocycles. The molecule has 6 aliphatic heterocycles. The van der Waals surface area contributed by atoms with E-state index in [1.54, 1.807) is 34.3 Å². The van der Waals surface area contributed by atoms with E-state index >= 15 is 0 Å². The molecule has 2 aromatic carbocycles. The molecular formula is C60H58F10N12O4. The number of nitrogens with one attached hydrogen (secondary N) is 2. The van der Waals surface area contributed by atoms with Gasteiger partial charge in [0.05, 0.1) is 10.8 Å². The molecule has 86 heavy (non-hydrogen) atoms. The topological polar surface area (TPSA) is 186 Å². The van der Waals surface area contributed by atoms with Gasteiger partial charge in [-0.2, -0.15) is 26.3 Å². The Labute approximate surface area is 485 Å². The van der Waals surface area contributed by atoms with Crippen LogP contribution in [0.15, 0.2) is 73.1 Å². The fourth-order valence-electron chi connectivity index (χ4n) is 14.5. The molecule has 14 rings (SSSR count). The summed E-state index contributed by atoms with van der Waals surface area (Å²) in [6.45, 7) is 1.24. The van der Waals surface area contributed by atoms with Crippen molar-refractivity contribution in [3.05, 3.63) is 142 Å². The van der Waals surface area contributed by atoms with Gasteiger partial charge >= 0.3 is 12.4 Å². The lowest BCUT2D eigenvalue weighted by atomic mass is 9.74. The van der Waals surface area contributed by atoms with Crippen LogP contribution in [-0.4, -0.2) is 111 Å². The average Bonchev–Trinajstić information content (AvgIpc) is 1.72. The van der Waals surface area contributed by atoms with Crippen molar-refractivity contribution in [2.24, 2.45) is 0 Å². The van der Waals surface area contributed by atoms with Crippen molar-refractivity contribution in [1.82, 2.24) is 49.3 Å². The molecule has 2 N–H and O–H groups in total. The molecular weight excluding hydrogens is 1140 g/mol. The molecule has 0 unspecified atom stereocenters. The number of carbonyl (C=O) groups excluding carboxylic acids is 4. The molecule has 0 radical (unpaired) electrons. The zero-order valence-corrected chi connectivity index (χ0v) is 46.3. The van der Waals surface area contributed by atoms with Crippen LogP contribution in [0.2, 0.25) is 0 Å². The van der Waals surface area contributed by atoms with E-state index in [2.05, 4.69) is 41.0 Å². The molecule has 4 aromatic heterocycles. The molecule has 8 aliphatic rings. The van der Waals surface area contributed by atoms with Crippen molar-refractivity contribution in [2.45, 2.75) is 161 Å². The van der Waals surface area contributed by atoms with Crippen LogP contribution in [0.3, 0.4) is 0 Å². The van der Waals surface area contributed by atoms with Gasteiger partial charge in [0.15, 0.2) is 23.3 Å². The number of halogens is 10. The molecule has 4 amide bonds. The van der Waals surface area contributed by atoms with Gasteiger partial charge in [-0.3, -0.25) is 19.2 Å². The van der Waals surface area contributed by atoms with Gasteiger partial charge in [0.25, 0.3) is 0 Å². The number of aromatic nitrogens is 8. The van der Waals surface area contributed by atoms with Crippen molar-refractivity contribution in [1.29, 1.82) is 0 Å². The highest BCUT2D eigenvalue weighted by atomic mass is 19.4. The summed E-state index contributed by atoms with van der Waals surface area (Å²) in [5.41, 5.74) is -3.95. The van der Waals surface area contributed by atoms with Crippen molar-refractivity contribution in [3.8, 4) is 0 Å². The number of alkyl halides is 6. The highest BCUT2D eigenvalue weighted by Crippen LogP contribution is 2.60. The Morgan fingerprint density at radius 3 is 1.26 bits per heavy atom. The Kier molecular flexibility index (Phi) is 14.0. The summed E-state index contributed by atoms with van der Waals surface area (Å²) in [7, 11) is 0. The second-order valence-electron chi connectivity index (χ2n) is 24.4. The van der Waals surface area contributed by atoms with Crippen molar-refractivity contribution in [3.63, 3.8) is 0 Å². The Hall–Kier alpha value is -7.80. The molecule has 4 fully saturated rings. The molecule has 10 heterocycles. The van der Waals surface area contributed by atoms with Crippen LogP contribution >= 0.6 is 0 Å². The number of piperidine rings is 2. The van der Waals surface area contributed by atoms with Gasteiger partial charge in [-0.25, -0.2) is 27.5 Å². The lowest BCUT2D eigenvalue weighted by molar-refractivity contribution is -0.163. The number of amides is 4. The predicted octanol–water partition coefficient (Wildman–Crippen LogP) is 10.2. The lowest BCUT2D eigenvalue weighted by Crippen LogP contribution is -2.48. The van der Waals surface area contributed by atoms with E-state index in [-0.39, 0.29) is 110 Å². The van der Waals surface area contributed by atoms with Gasteiger partial charge in [-0.1, -0.05) is 36.4 Å². The van der Waals surface area contributed by atoms with Crippen LogP contribution in [0, 0.1) is 23.3 Å². The summed E-state index contributed by atoms with van der Waals surface area (Å²) in [6.07, 6.45) is -3.40. The van der Waals surface area contributed by atoms with Crippen molar-refractivity contribution in [2.75, 3.05) is 36.8 Å². The molecule has 6 aromatic rings. The summed E-state index contributed by atoms with van der Waals surface area (Å²) in [5, 5.41) is 22.1. The summed E-state index contributed by atoms with van der Waals surface area (Å²) in [6, 6.07) is 15.0. The number of anilines is 2. The number of hydrogen-bond donors (Lipinski definition) is 2. The quantitative estimate of drug-likeness (QED) is 0.139. The van der Waals surface area contributed by atoms with Gasteiger partial charge < -0.3 is 29.6 Å². The predicted molar refractivity (Wildman–Crippen MR) is 286 cm³/mol. The van der Waals surface area contributed by atoms with Gasteiger partial charge in [0.2, 0.25) is 23.6 Å². The number of hydrogen-bond acceptors (Lipinski definition) is 10. The zero-order valence-electron chi connectivity index (χ0n) is 46.3. The third-order valence-corrected chi connectivity index (χ3v) is 19.9. The van der Waals surface area contributed by atoms with Crippen molar-refractivity contribution < 1.29 is 63.1 Å². The van der Waals surface area contributed by atoms with Crippen molar-refractivity contribution >= 4 is 35.3 Å². The maximum absolute atomic E-state index is 14.9. The molecule has 2 saturated carbocycles. The van der Waals surface area contributed by atoms with E-state index < -0.39 is 81.0 Å². The average molecular weight is 1200 g/mol. The number of rotatable bonds is 8. The van der Waals surface area contributed by atoms with Gasteiger partial charge in [0, 0.05) is 99.3 Å². The second kappa shape index (κ2) is 21.0. The van der Waals surface area contributed by atoms with Gasteiger partial charge in [-0.15, -0.1) is 20.4 Å². The molecule has 2 spiro atoms. The summed E-state index contributed by atoms with van der Waals surface area (Å²) >= 11 is 0. The minimum Gasteiger partial charge on any atom is -0.343 e. The molecule has 26 heteroatoms. The summed E-state index contributed by atoms with van der Waals surface area (Å²) in [4.78, 5) is 64.9. The Balaban J connectivity index is 0.000000160. The van der Waals surface area contributed by atoms with Crippen LogP contribution < -0.4 is 10.6 Å². The Morgan fingerprint density at radius 2 is 0.895 bits per heavy atom. The first-order valence-corrected chi connectivity index (χ1v) is 29.1. The maximum Gasteiger partial charge on any atom is 0.401 e. The molecule has 0 bridgehead atoms. The van der Waals surface area contributed by atoms with Gasteiger partial charge in [-0.05, 0) is 112 Å². The molecule has 4 atom stereocenters. The SMILES string of the molecule is O=C(C[C@@H]1CC[C@@H](c2cccc(F)c2F)Cn2c1nnc2C1(C(F)(F)F)CC1)N1CCC2(CC1)C(=O)Nc1ncccc12.O=C(C[C@H]1CC[C@H](c2cccc(F)c2F)Cn2c1nnc2C1(C(F)(F)F)CC1)N1CCC2(CC1)C(=O)Nc1ncccc12. The highest BCUT2D eigenvalue weighted by Gasteiger charge is 2.69. The van der Waals surface area contributed by atoms with Crippen LogP contribution in [0.4, 0.5) is 55.5 Å². The van der Waals surface area contributed by atoms with Crippen LogP contribution in [0.25, 0.3) is 0 Å². The van der Waals surface area contributed by atoms with E-state index in [4.69, 9.17) is 0 Å². The van der Waals surface area contributed by atoms with E-state index in [1.165, 1.54) is 33.4 Å². The van der Waals surface area contributed by atoms with Crippen LogP contribution in [-0.2, 0) is 53.9 Å². The van der Waals surface area contributed by atoms with Gasteiger partial charge in [0.1, 0.15) is 45.8 Å². The van der Waals surface area contributed by atoms with E-state index in [0.717, 1.165) is 23.3 Å².